The van der Waals surface area contributed by atoms with Crippen LogP contribution in [-0.4, -0.2) is 40.5 Å². The molecule has 5 nitrogen and oxygen atoms in total. The van der Waals surface area contributed by atoms with Gasteiger partial charge < -0.3 is 4.90 Å². The van der Waals surface area contributed by atoms with E-state index in [1.54, 1.807) is 12.1 Å². The molecular weight excluding hydrogens is 262 g/mol. The van der Waals surface area contributed by atoms with Crippen molar-refractivity contribution >= 4 is 10.0 Å². The third-order valence-electron chi connectivity index (χ3n) is 2.62. The van der Waals surface area contributed by atoms with E-state index in [0.717, 1.165) is 19.4 Å². The van der Waals surface area contributed by atoms with Crippen LogP contribution in [-0.2, 0) is 10.0 Å². The highest BCUT2D eigenvalue weighted by Crippen LogP contribution is 2.13. The van der Waals surface area contributed by atoms with Crippen molar-refractivity contribution in [3.63, 3.8) is 0 Å². The van der Waals surface area contributed by atoms with Gasteiger partial charge in [0.1, 0.15) is 6.07 Å². The monoisotopic (exact) mass is 281 g/mol. The molecule has 0 bridgehead atoms. The van der Waals surface area contributed by atoms with E-state index in [0.29, 0.717) is 6.54 Å². The molecule has 0 aliphatic rings. The smallest absolute Gasteiger partial charge is 0.241 e. The van der Waals surface area contributed by atoms with Gasteiger partial charge >= 0.3 is 0 Å². The maximum absolute atomic E-state index is 12.0. The first kappa shape index (κ1) is 15.6. The molecule has 0 unspecified atom stereocenters. The fourth-order valence-electron chi connectivity index (χ4n) is 1.63. The third-order valence-corrected chi connectivity index (χ3v) is 4.14. The molecule has 6 heteroatoms. The average molecular weight is 281 g/mol. The molecule has 0 saturated carbocycles. The van der Waals surface area contributed by atoms with E-state index in [-0.39, 0.29) is 10.5 Å². The van der Waals surface area contributed by atoms with Crippen LogP contribution < -0.4 is 4.72 Å². The predicted molar refractivity (Wildman–Crippen MR) is 74.1 cm³/mol. The van der Waals surface area contributed by atoms with Crippen molar-refractivity contribution in [1.29, 1.82) is 5.26 Å². The summed E-state index contributed by atoms with van der Waals surface area (Å²) in [5.74, 6) is 0. The van der Waals surface area contributed by atoms with Crippen molar-refractivity contribution in [2.45, 2.75) is 17.7 Å². The van der Waals surface area contributed by atoms with E-state index in [1.807, 2.05) is 20.2 Å². The van der Waals surface area contributed by atoms with Crippen molar-refractivity contribution < 1.29 is 8.42 Å². The van der Waals surface area contributed by atoms with E-state index in [1.165, 1.54) is 12.1 Å². The molecule has 0 radical (unpaired) electrons. The Morgan fingerprint density at radius 3 is 2.58 bits per heavy atom. The zero-order valence-electron chi connectivity index (χ0n) is 11.3. The molecule has 1 aromatic rings. The minimum Gasteiger partial charge on any atom is -0.309 e. The number of hydrogen-bond donors (Lipinski definition) is 1. The summed E-state index contributed by atoms with van der Waals surface area (Å²) in [5, 5.41) is 8.90. The number of rotatable bonds is 7. The third kappa shape index (κ3) is 4.99. The molecular formula is C13H19N3O2S. The molecule has 104 valence electrons. The average Bonchev–Trinajstić information content (AvgIpc) is 2.37. The van der Waals surface area contributed by atoms with Crippen LogP contribution in [0.4, 0.5) is 0 Å². The highest BCUT2D eigenvalue weighted by atomic mass is 32.2. The number of unbranched alkanes of at least 4 members (excludes halogenated alkanes) is 1. The van der Waals surface area contributed by atoms with Crippen LogP contribution in [0.3, 0.4) is 0 Å². The van der Waals surface area contributed by atoms with Crippen LogP contribution in [0.5, 0.6) is 0 Å². The summed E-state index contributed by atoms with van der Waals surface area (Å²) < 4.78 is 26.6. The minimum absolute atomic E-state index is 0.0464. The van der Waals surface area contributed by atoms with Crippen LogP contribution in [0.2, 0.25) is 0 Å². The van der Waals surface area contributed by atoms with Crippen molar-refractivity contribution in [2.75, 3.05) is 27.2 Å². The van der Waals surface area contributed by atoms with E-state index >= 15 is 0 Å². The summed E-state index contributed by atoms with van der Waals surface area (Å²) in [6, 6.07) is 8.10. The Morgan fingerprint density at radius 2 is 1.95 bits per heavy atom. The summed E-state index contributed by atoms with van der Waals surface area (Å²) >= 11 is 0. The molecule has 0 aromatic heterocycles. The van der Waals surface area contributed by atoms with Crippen LogP contribution in [0.25, 0.3) is 0 Å². The second-order valence-corrected chi connectivity index (χ2v) is 6.25. The van der Waals surface area contributed by atoms with Crippen LogP contribution in [0.1, 0.15) is 18.4 Å². The van der Waals surface area contributed by atoms with Crippen molar-refractivity contribution in [3.05, 3.63) is 29.8 Å². The molecule has 0 fully saturated rings. The Balaban J connectivity index is 2.60. The van der Waals surface area contributed by atoms with Gasteiger partial charge in [-0.25, -0.2) is 13.1 Å². The molecule has 19 heavy (non-hydrogen) atoms. The Bertz CT molecular complexity index is 547. The van der Waals surface area contributed by atoms with Gasteiger partial charge in [-0.3, -0.25) is 0 Å². The van der Waals surface area contributed by atoms with Crippen LogP contribution in [0.15, 0.2) is 29.2 Å². The Hall–Kier alpha value is -1.42. The molecule has 0 atom stereocenters. The Morgan fingerprint density at radius 1 is 1.26 bits per heavy atom. The van der Waals surface area contributed by atoms with Crippen LogP contribution in [0, 0.1) is 11.3 Å². The Labute approximate surface area is 114 Å². The molecule has 1 N–H and O–H groups in total. The molecule has 0 saturated heterocycles. The molecule has 1 rings (SSSR count). The maximum Gasteiger partial charge on any atom is 0.241 e. The molecule has 0 aliphatic carbocycles. The van der Waals surface area contributed by atoms with Gasteiger partial charge in [-0.15, -0.1) is 0 Å². The molecule has 0 aliphatic heterocycles. The van der Waals surface area contributed by atoms with Crippen LogP contribution >= 0.6 is 0 Å². The lowest BCUT2D eigenvalue weighted by Gasteiger charge is -2.10. The first-order chi connectivity index (χ1) is 8.97. The number of benzene rings is 1. The first-order valence-corrected chi connectivity index (χ1v) is 7.59. The fourth-order valence-corrected chi connectivity index (χ4v) is 2.86. The highest BCUT2D eigenvalue weighted by Gasteiger charge is 2.17. The second-order valence-electron chi connectivity index (χ2n) is 4.52. The number of sulfonamides is 1. The van der Waals surface area contributed by atoms with Crippen molar-refractivity contribution in [2.24, 2.45) is 0 Å². The topological polar surface area (TPSA) is 73.2 Å². The maximum atomic E-state index is 12.0. The normalized spacial score (nSPS) is 11.5. The molecule has 0 spiro atoms. The van der Waals surface area contributed by atoms with Gasteiger partial charge in [0.15, 0.2) is 0 Å². The van der Waals surface area contributed by atoms with Crippen molar-refractivity contribution in [3.8, 4) is 6.07 Å². The first-order valence-electron chi connectivity index (χ1n) is 6.11. The lowest BCUT2D eigenvalue weighted by atomic mass is 10.2. The molecule has 1 aromatic carbocycles. The van der Waals surface area contributed by atoms with Gasteiger partial charge in [0.25, 0.3) is 0 Å². The van der Waals surface area contributed by atoms with E-state index in [2.05, 4.69) is 9.62 Å². The van der Waals surface area contributed by atoms with E-state index in [4.69, 9.17) is 5.26 Å². The van der Waals surface area contributed by atoms with Gasteiger partial charge in [0.05, 0.1) is 10.5 Å². The van der Waals surface area contributed by atoms with Gasteiger partial charge in [-0.05, 0) is 45.6 Å². The molecule has 0 heterocycles. The van der Waals surface area contributed by atoms with E-state index < -0.39 is 10.0 Å². The number of nitrogens with one attached hydrogen (secondary N) is 1. The van der Waals surface area contributed by atoms with Gasteiger partial charge in [0.2, 0.25) is 10.0 Å². The fraction of sp³-hybridized carbons (Fsp3) is 0.462. The zero-order chi connectivity index (χ0) is 14.3. The summed E-state index contributed by atoms with van der Waals surface area (Å²) in [7, 11) is 0.369. The number of nitrogens with zero attached hydrogens (tertiary/aromatic N) is 2. The predicted octanol–water partition coefficient (Wildman–Crippen LogP) is 1.18. The molecule has 0 amide bonds. The minimum atomic E-state index is -3.59. The largest absolute Gasteiger partial charge is 0.309 e. The van der Waals surface area contributed by atoms with Gasteiger partial charge in [0, 0.05) is 6.54 Å². The standard InChI is InChI=1S/C13H19N3O2S/c1-16(2)10-6-5-9-15-19(17,18)13-8-4-3-7-12(13)11-14/h3-4,7-8,15H,5-6,9-10H2,1-2H3. The van der Waals surface area contributed by atoms with Gasteiger partial charge in [-0.2, -0.15) is 5.26 Å². The lowest BCUT2D eigenvalue weighted by Crippen LogP contribution is -2.26. The Kier molecular flexibility index (Phi) is 5.96. The number of nitriles is 1. The van der Waals surface area contributed by atoms with Crippen molar-refractivity contribution in [1.82, 2.24) is 9.62 Å². The van der Waals surface area contributed by atoms with Gasteiger partial charge in [-0.1, -0.05) is 12.1 Å². The summed E-state index contributed by atoms with van der Waals surface area (Å²) in [5.41, 5.74) is 0.170. The number of hydrogen-bond acceptors (Lipinski definition) is 4. The summed E-state index contributed by atoms with van der Waals surface area (Å²) in [6.45, 7) is 1.31. The van der Waals surface area contributed by atoms with E-state index in [9.17, 15) is 8.42 Å². The summed E-state index contributed by atoms with van der Waals surface area (Å²) in [4.78, 5) is 2.10. The quantitative estimate of drug-likeness (QED) is 0.762. The SMILES string of the molecule is CN(C)CCCCNS(=O)(=O)c1ccccc1C#N. The zero-order valence-corrected chi connectivity index (χ0v) is 12.1. The highest BCUT2D eigenvalue weighted by molar-refractivity contribution is 7.89. The lowest BCUT2D eigenvalue weighted by molar-refractivity contribution is 0.394. The summed E-state index contributed by atoms with van der Waals surface area (Å²) in [6.07, 6.45) is 1.70. The second kappa shape index (κ2) is 7.24.